The predicted molar refractivity (Wildman–Crippen MR) is 70.7 cm³/mol. The number of hydrogen-bond donors (Lipinski definition) is 1. The smallest absolute Gasteiger partial charge is 0.146 e. The summed E-state index contributed by atoms with van der Waals surface area (Å²) >= 11 is 9.08. The SMILES string of the molecule is CCNC(C)C(C)c1ccc(Br)c(Cl)c1F. The van der Waals surface area contributed by atoms with Crippen molar-refractivity contribution in [3.8, 4) is 0 Å². The molecule has 0 saturated carbocycles. The molecule has 0 saturated heterocycles. The first-order chi connectivity index (χ1) is 7.49. The molecule has 1 aromatic carbocycles. The van der Waals surface area contributed by atoms with Gasteiger partial charge in [-0.15, -0.1) is 0 Å². The van der Waals surface area contributed by atoms with Gasteiger partial charge in [0, 0.05) is 10.5 Å². The molecule has 0 fully saturated rings. The Balaban J connectivity index is 3.00. The van der Waals surface area contributed by atoms with E-state index in [1.807, 2.05) is 20.8 Å². The minimum Gasteiger partial charge on any atom is -0.314 e. The Kier molecular flexibility index (Phi) is 5.22. The van der Waals surface area contributed by atoms with Gasteiger partial charge >= 0.3 is 0 Å². The second-order valence-corrected chi connectivity index (χ2v) is 5.13. The molecular weight excluding hydrogens is 292 g/mol. The van der Waals surface area contributed by atoms with Gasteiger partial charge in [-0.25, -0.2) is 4.39 Å². The van der Waals surface area contributed by atoms with Crippen LogP contribution in [0.25, 0.3) is 0 Å². The maximum absolute atomic E-state index is 13.9. The van der Waals surface area contributed by atoms with Gasteiger partial charge in [-0.05, 0) is 46.9 Å². The third-order valence-electron chi connectivity index (χ3n) is 2.83. The highest BCUT2D eigenvalue weighted by Gasteiger charge is 2.19. The average Bonchev–Trinajstić information content (AvgIpc) is 2.26. The largest absolute Gasteiger partial charge is 0.314 e. The van der Waals surface area contributed by atoms with E-state index in [0.717, 1.165) is 6.54 Å². The summed E-state index contributed by atoms with van der Waals surface area (Å²) < 4.78 is 14.5. The standard InChI is InChI=1S/C12H16BrClFN/c1-4-16-8(3)7(2)9-5-6-10(13)11(14)12(9)15/h5-8,16H,4H2,1-3H3. The molecule has 0 bridgehead atoms. The van der Waals surface area contributed by atoms with Crippen molar-refractivity contribution >= 4 is 27.5 Å². The van der Waals surface area contributed by atoms with E-state index in [1.165, 1.54) is 0 Å². The Bertz CT molecular complexity index is 370. The lowest BCUT2D eigenvalue weighted by Crippen LogP contribution is -2.31. The molecule has 1 N–H and O–H groups in total. The summed E-state index contributed by atoms with van der Waals surface area (Å²) in [6.07, 6.45) is 0. The van der Waals surface area contributed by atoms with Crippen LogP contribution in [-0.4, -0.2) is 12.6 Å². The second kappa shape index (κ2) is 5.99. The van der Waals surface area contributed by atoms with Gasteiger partial charge in [0.2, 0.25) is 0 Å². The zero-order valence-electron chi connectivity index (χ0n) is 9.65. The molecular formula is C12H16BrClFN. The fourth-order valence-corrected chi connectivity index (χ4v) is 2.14. The van der Waals surface area contributed by atoms with Crippen molar-refractivity contribution in [3.63, 3.8) is 0 Å². The van der Waals surface area contributed by atoms with E-state index < -0.39 is 0 Å². The van der Waals surface area contributed by atoms with E-state index in [4.69, 9.17) is 11.6 Å². The van der Waals surface area contributed by atoms with Crippen LogP contribution in [0, 0.1) is 5.82 Å². The fraction of sp³-hybridized carbons (Fsp3) is 0.500. The third-order valence-corrected chi connectivity index (χ3v) is 4.09. The highest BCUT2D eigenvalue weighted by Crippen LogP contribution is 2.32. The molecule has 0 aliphatic carbocycles. The minimum atomic E-state index is -0.326. The van der Waals surface area contributed by atoms with E-state index in [1.54, 1.807) is 12.1 Å². The van der Waals surface area contributed by atoms with Crippen molar-refractivity contribution in [2.45, 2.75) is 32.7 Å². The molecule has 0 aliphatic heterocycles. The first-order valence-corrected chi connectivity index (χ1v) is 6.52. The van der Waals surface area contributed by atoms with E-state index >= 15 is 0 Å². The first-order valence-electron chi connectivity index (χ1n) is 5.35. The Morgan fingerprint density at radius 2 is 2.06 bits per heavy atom. The molecule has 16 heavy (non-hydrogen) atoms. The molecule has 90 valence electrons. The quantitative estimate of drug-likeness (QED) is 0.816. The van der Waals surface area contributed by atoms with E-state index in [2.05, 4.69) is 21.2 Å². The van der Waals surface area contributed by atoms with Gasteiger partial charge < -0.3 is 5.32 Å². The van der Waals surface area contributed by atoms with E-state index in [9.17, 15) is 4.39 Å². The van der Waals surface area contributed by atoms with E-state index in [-0.39, 0.29) is 22.8 Å². The van der Waals surface area contributed by atoms with Crippen LogP contribution < -0.4 is 5.32 Å². The van der Waals surface area contributed by atoms with Crippen LogP contribution in [-0.2, 0) is 0 Å². The maximum atomic E-state index is 13.9. The molecule has 4 heteroatoms. The summed E-state index contributed by atoms with van der Waals surface area (Å²) in [4.78, 5) is 0. The highest BCUT2D eigenvalue weighted by atomic mass is 79.9. The molecule has 0 radical (unpaired) electrons. The van der Waals surface area contributed by atoms with Gasteiger partial charge in [0.05, 0.1) is 5.02 Å². The lowest BCUT2D eigenvalue weighted by atomic mass is 9.94. The van der Waals surface area contributed by atoms with Crippen molar-refractivity contribution in [1.29, 1.82) is 0 Å². The zero-order valence-corrected chi connectivity index (χ0v) is 12.0. The summed E-state index contributed by atoms with van der Waals surface area (Å²) in [6, 6.07) is 3.79. The molecule has 2 atom stereocenters. The number of nitrogens with one attached hydrogen (secondary N) is 1. The van der Waals surface area contributed by atoms with Gasteiger partial charge in [0.15, 0.2) is 0 Å². The van der Waals surface area contributed by atoms with Crippen LogP contribution in [0.3, 0.4) is 0 Å². The number of likely N-dealkylation sites (N-methyl/N-ethyl adjacent to an activating group) is 1. The molecule has 0 amide bonds. The van der Waals surface area contributed by atoms with Gasteiger partial charge in [-0.3, -0.25) is 0 Å². The van der Waals surface area contributed by atoms with Gasteiger partial charge in [0.1, 0.15) is 5.82 Å². The van der Waals surface area contributed by atoms with E-state index in [0.29, 0.717) is 10.0 Å². The Morgan fingerprint density at radius 1 is 1.44 bits per heavy atom. The monoisotopic (exact) mass is 307 g/mol. The van der Waals surface area contributed by atoms with Crippen molar-refractivity contribution < 1.29 is 4.39 Å². The molecule has 0 heterocycles. The lowest BCUT2D eigenvalue weighted by molar-refractivity contribution is 0.476. The van der Waals surface area contributed by atoms with Crippen molar-refractivity contribution in [3.05, 3.63) is 33.0 Å². The normalized spacial score (nSPS) is 14.9. The van der Waals surface area contributed by atoms with Crippen LogP contribution in [0.5, 0.6) is 0 Å². The molecule has 1 nitrogen and oxygen atoms in total. The second-order valence-electron chi connectivity index (χ2n) is 3.90. The highest BCUT2D eigenvalue weighted by molar-refractivity contribution is 9.10. The number of halogens is 3. The fourth-order valence-electron chi connectivity index (χ4n) is 1.66. The van der Waals surface area contributed by atoms with Crippen LogP contribution in [0.15, 0.2) is 16.6 Å². The summed E-state index contributed by atoms with van der Waals surface area (Å²) in [5.74, 6) is -0.237. The van der Waals surface area contributed by atoms with Gasteiger partial charge in [-0.1, -0.05) is 31.5 Å². The van der Waals surface area contributed by atoms with Crippen LogP contribution in [0.4, 0.5) is 4.39 Å². The summed E-state index contributed by atoms with van der Waals surface area (Å²) in [5.41, 5.74) is 0.654. The zero-order chi connectivity index (χ0) is 12.3. The Hall–Kier alpha value is -0.120. The molecule has 0 aromatic heterocycles. The lowest BCUT2D eigenvalue weighted by Gasteiger charge is -2.22. The summed E-state index contributed by atoms with van der Waals surface area (Å²) in [5, 5.41) is 3.44. The summed E-state index contributed by atoms with van der Waals surface area (Å²) in [7, 11) is 0. The predicted octanol–water partition coefficient (Wildman–Crippen LogP) is 4.34. The Labute approximate surface area is 110 Å². The number of hydrogen-bond acceptors (Lipinski definition) is 1. The van der Waals surface area contributed by atoms with Crippen LogP contribution in [0.1, 0.15) is 32.3 Å². The molecule has 0 spiro atoms. The molecule has 1 aromatic rings. The number of rotatable bonds is 4. The molecule has 2 unspecified atom stereocenters. The van der Waals surface area contributed by atoms with Crippen molar-refractivity contribution in [2.75, 3.05) is 6.54 Å². The van der Waals surface area contributed by atoms with Crippen LogP contribution >= 0.6 is 27.5 Å². The minimum absolute atomic E-state index is 0.0885. The topological polar surface area (TPSA) is 12.0 Å². The van der Waals surface area contributed by atoms with Gasteiger partial charge in [-0.2, -0.15) is 0 Å². The van der Waals surface area contributed by atoms with Crippen LogP contribution in [0.2, 0.25) is 5.02 Å². The summed E-state index contributed by atoms with van der Waals surface area (Å²) in [6.45, 7) is 6.95. The Morgan fingerprint density at radius 3 is 2.62 bits per heavy atom. The van der Waals surface area contributed by atoms with Gasteiger partial charge in [0.25, 0.3) is 0 Å². The molecule has 0 aliphatic rings. The maximum Gasteiger partial charge on any atom is 0.146 e. The molecule has 1 rings (SSSR count). The first kappa shape index (κ1) is 13.9. The van der Waals surface area contributed by atoms with Crippen molar-refractivity contribution in [2.24, 2.45) is 0 Å². The average molecular weight is 309 g/mol. The van der Waals surface area contributed by atoms with Crippen molar-refractivity contribution in [1.82, 2.24) is 5.32 Å². The third kappa shape index (κ3) is 2.96. The number of benzene rings is 1.